The first kappa shape index (κ1) is 17.0. The maximum atomic E-state index is 12.7. The molecule has 0 atom stereocenters. The van der Waals surface area contributed by atoms with Crippen molar-refractivity contribution in [3.8, 4) is 0 Å². The number of halogens is 1. The summed E-state index contributed by atoms with van der Waals surface area (Å²) >= 11 is 3.40. The highest BCUT2D eigenvalue weighted by Gasteiger charge is 2.21. The van der Waals surface area contributed by atoms with Crippen LogP contribution in [0.2, 0.25) is 0 Å². The molecule has 20 heavy (non-hydrogen) atoms. The van der Waals surface area contributed by atoms with Crippen LogP contribution in [-0.4, -0.2) is 34.9 Å². The zero-order valence-electron chi connectivity index (χ0n) is 12.7. The smallest absolute Gasteiger partial charge is 0.257 e. The molecule has 0 aliphatic rings. The number of carbonyl (C=O) groups excluding carboxylic acids is 1. The van der Waals surface area contributed by atoms with E-state index in [4.69, 9.17) is 0 Å². The van der Waals surface area contributed by atoms with E-state index in [0.29, 0.717) is 11.4 Å². The summed E-state index contributed by atoms with van der Waals surface area (Å²) in [4.78, 5) is 19.0. The highest BCUT2D eigenvalue weighted by atomic mass is 79.9. The van der Waals surface area contributed by atoms with Crippen LogP contribution in [0.25, 0.3) is 0 Å². The van der Waals surface area contributed by atoms with Crippen LogP contribution in [0.3, 0.4) is 0 Å². The second-order valence-corrected chi connectivity index (χ2v) is 5.98. The summed E-state index contributed by atoms with van der Waals surface area (Å²) in [5.74, 6) is 0.705. The highest BCUT2D eigenvalue weighted by Crippen LogP contribution is 2.21. The Hall–Kier alpha value is -1.10. The van der Waals surface area contributed by atoms with Crippen LogP contribution in [0.15, 0.2) is 16.7 Å². The van der Waals surface area contributed by atoms with Gasteiger partial charge in [-0.1, -0.05) is 13.8 Å². The summed E-state index contributed by atoms with van der Waals surface area (Å²) in [5, 5.41) is 3.23. The number of anilines is 1. The Balaban J connectivity index is 3.08. The molecule has 0 saturated heterocycles. The molecule has 0 radical (unpaired) electrons. The molecule has 0 fully saturated rings. The Morgan fingerprint density at radius 3 is 2.65 bits per heavy atom. The van der Waals surface area contributed by atoms with Gasteiger partial charge in [0.15, 0.2) is 0 Å². The molecule has 0 spiro atoms. The second kappa shape index (κ2) is 8.25. The lowest BCUT2D eigenvalue weighted by Crippen LogP contribution is -2.38. The maximum absolute atomic E-state index is 12.7. The van der Waals surface area contributed by atoms with E-state index in [-0.39, 0.29) is 11.9 Å². The van der Waals surface area contributed by atoms with Crippen molar-refractivity contribution in [3.05, 3.63) is 22.3 Å². The van der Waals surface area contributed by atoms with Crippen molar-refractivity contribution in [3.63, 3.8) is 0 Å². The van der Waals surface area contributed by atoms with Gasteiger partial charge in [0.25, 0.3) is 5.91 Å². The molecule has 1 N–H and O–H groups in total. The molecule has 0 aliphatic heterocycles. The standard InChI is InChI=1S/C15H24BrN3O/c1-5-7-17-14-13(9-12(16)10-18-14)15(20)19(8-6-2)11(3)4/h9-11H,5-8H2,1-4H3,(H,17,18). The molecule has 1 heterocycles. The molecule has 0 aliphatic carbocycles. The summed E-state index contributed by atoms with van der Waals surface area (Å²) in [6, 6.07) is 2.03. The van der Waals surface area contributed by atoms with Crippen molar-refractivity contribution in [2.75, 3.05) is 18.4 Å². The van der Waals surface area contributed by atoms with Crippen molar-refractivity contribution in [2.24, 2.45) is 0 Å². The monoisotopic (exact) mass is 341 g/mol. The fourth-order valence-electron chi connectivity index (χ4n) is 1.98. The molecule has 1 amide bonds. The molecule has 112 valence electrons. The summed E-state index contributed by atoms with van der Waals surface area (Å²) in [7, 11) is 0. The van der Waals surface area contributed by atoms with E-state index in [0.717, 1.165) is 30.4 Å². The predicted molar refractivity (Wildman–Crippen MR) is 87.2 cm³/mol. The molecule has 0 saturated carbocycles. The molecule has 1 aromatic rings. The van der Waals surface area contributed by atoms with Crippen LogP contribution in [-0.2, 0) is 0 Å². The number of hydrogen-bond donors (Lipinski definition) is 1. The SMILES string of the molecule is CCCNc1ncc(Br)cc1C(=O)N(CCC)C(C)C. The summed E-state index contributed by atoms with van der Waals surface area (Å²) < 4.78 is 0.822. The first-order chi connectivity index (χ1) is 9.51. The number of carbonyl (C=O) groups is 1. The molecule has 0 bridgehead atoms. The second-order valence-electron chi connectivity index (χ2n) is 5.07. The van der Waals surface area contributed by atoms with Gasteiger partial charge in [0, 0.05) is 29.8 Å². The third-order valence-corrected chi connectivity index (χ3v) is 3.41. The van der Waals surface area contributed by atoms with Gasteiger partial charge in [0.1, 0.15) is 5.82 Å². The number of nitrogens with zero attached hydrogens (tertiary/aromatic N) is 2. The van der Waals surface area contributed by atoms with Crippen molar-refractivity contribution in [2.45, 2.75) is 46.6 Å². The molecule has 4 nitrogen and oxygen atoms in total. The molecular weight excluding hydrogens is 318 g/mol. The van der Waals surface area contributed by atoms with E-state index >= 15 is 0 Å². The van der Waals surface area contributed by atoms with Crippen LogP contribution in [0.1, 0.15) is 50.9 Å². The Morgan fingerprint density at radius 2 is 2.10 bits per heavy atom. The van der Waals surface area contributed by atoms with Crippen molar-refractivity contribution in [1.29, 1.82) is 0 Å². The topological polar surface area (TPSA) is 45.2 Å². The van der Waals surface area contributed by atoms with Gasteiger partial charge < -0.3 is 10.2 Å². The van der Waals surface area contributed by atoms with E-state index < -0.39 is 0 Å². The molecule has 0 unspecified atom stereocenters. The molecular formula is C15H24BrN3O. The van der Waals surface area contributed by atoms with Crippen LogP contribution in [0.5, 0.6) is 0 Å². The zero-order valence-corrected chi connectivity index (χ0v) is 14.3. The number of hydrogen-bond acceptors (Lipinski definition) is 3. The summed E-state index contributed by atoms with van der Waals surface area (Å²) in [5.41, 5.74) is 0.634. The van der Waals surface area contributed by atoms with Gasteiger partial charge in [-0.05, 0) is 48.7 Å². The van der Waals surface area contributed by atoms with Crippen LogP contribution < -0.4 is 5.32 Å². The first-order valence-corrected chi connectivity index (χ1v) is 8.00. The average molecular weight is 342 g/mol. The van der Waals surface area contributed by atoms with Crippen molar-refractivity contribution < 1.29 is 4.79 Å². The molecule has 0 aromatic carbocycles. The van der Waals surface area contributed by atoms with Crippen LogP contribution in [0.4, 0.5) is 5.82 Å². The first-order valence-electron chi connectivity index (χ1n) is 7.21. The van der Waals surface area contributed by atoms with E-state index in [1.54, 1.807) is 6.20 Å². The largest absolute Gasteiger partial charge is 0.369 e. The Morgan fingerprint density at radius 1 is 1.40 bits per heavy atom. The zero-order chi connectivity index (χ0) is 15.1. The third-order valence-electron chi connectivity index (χ3n) is 2.98. The lowest BCUT2D eigenvalue weighted by molar-refractivity contribution is 0.0706. The van der Waals surface area contributed by atoms with E-state index in [1.165, 1.54) is 0 Å². The highest BCUT2D eigenvalue weighted by molar-refractivity contribution is 9.10. The van der Waals surface area contributed by atoms with E-state index in [2.05, 4.69) is 40.1 Å². The average Bonchev–Trinajstić information content (AvgIpc) is 2.42. The maximum Gasteiger partial charge on any atom is 0.257 e. The summed E-state index contributed by atoms with van der Waals surface area (Å²) in [6.07, 6.45) is 3.66. The summed E-state index contributed by atoms with van der Waals surface area (Å²) in [6.45, 7) is 9.82. The Labute approximate surface area is 130 Å². The molecule has 1 rings (SSSR count). The third kappa shape index (κ3) is 4.47. The predicted octanol–water partition coefficient (Wildman–Crippen LogP) is 3.93. The van der Waals surface area contributed by atoms with E-state index in [9.17, 15) is 4.79 Å². The number of nitrogens with one attached hydrogen (secondary N) is 1. The number of rotatable bonds is 7. The fourth-order valence-corrected chi connectivity index (χ4v) is 2.31. The number of amides is 1. The minimum atomic E-state index is 0.0363. The minimum absolute atomic E-state index is 0.0363. The number of pyridine rings is 1. The number of aromatic nitrogens is 1. The Bertz CT molecular complexity index is 449. The van der Waals surface area contributed by atoms with Gasteiger partial charge in [-0.2, -0.15) is 0 Å². The van der Waals surface area contributed by atoms with Gasteiger partial charge in [-0.15, -0.1) is 0 Å². The Kier molecular flexibility index (Phi) is 6.99. The van der Waals surface area contributed by atoms with Gasteiger partial charge in [-0.3, -0.25) is 4.79 Å². The fraction of sp³-hybridized carbons (Fsp3) is 0.600. The van der Waals surface area contributed by atoms with Gasteiger partial charge >= 0.3 is 0 Å². The van der Waals surface area contributed by atoms with Crippen molar-refractivity contribution in [1.82, 2.24) is 9.88 Å². The van der Waals surface area contributed by atoms with Gasteiger partial charge in [0.2, 0.25) is 0 Å². The quantitative estimate of drug-likeness (QED) is 0.817. The van der Waals surface area contributed by atoms with Crippen LogP contribution >= 0.6 is 15.9 Å². The lowest BCUT2D eigenvalue weighted by atomic mass is 10.2. The lowest BCUT2D eigenvalue weighted by Gasteiger charge is -2.27. The minimum Gasteiger partial charge on any atom is -0.369 e. The molecule has 5 heteroatoms. The normalized spacial score (nSPS) is 10.7. The van der Waals surface area contributed by atoms with Gasteiger partial charge in [0.05, 0.1) is 5.56 Å². The van der Waals surface area contributed by atoms with Crippen molar-refractivity contribution >= 4 is 27.7 Å². The van der Waals surface area contributed by atoms with E-state index in [1.807, 2.05) is 24.8 Å². The van der Waals surface area contributed by atoms with Crippen LogP contribution in [0, 0.1) is 0 Å². The van der Waals surface area contributed by atoms with Gasteiger partial charge in [-0.25, -0.2) is 4.98 Å². The molecule has 1 aromatic heterocycles.